The summed E-state index contributed by atoms with van der Waals surface area (Å²) in [6, 6.07) is 17.7. The zero-order valence-corrected chi connectivity index (χ0v) is 18.6. The van der Waals surface area contributed by atoms with Crippen LogP contribution in [0.3, 0.4) is 0 Å². The molecule has 3 aromatic carbocycles. The van der Waals surface area contributed by atoms with Gasteiger partial charge in [-0.2, -0.15) is 0 Å². The summed E-state index contributed by atoms with van der Waals surface area (Å²) in [4.78, 5) is 20.9. The quantitative estimate of drug-likeness (QED) is 0.337. The van der Waals surface area contributed by atoms with Crippen molar-refractivity contribution in [3.05, 3.63) is 102 Å². The van der Waals surface area contributed by atoms with E-state index in [1.54, 1.807) is 24.7 Å². The number of aliphatic imine (C=N–C) groups is 1. The Labute approximate surface area is 199 Å². The van der Waals surface area contributed by atoms with Crippen LogP contribution in [0, 0.1) is 5.82 Å². The largest absolute Gasteiger partial charge is 0.494 e. The number of halogens is 1. The second-order valence-corrected chi connectivity index (χ2v) is 8.17. The lowest BCUT2D eigenvalue weighted by molar-refractivity contribution is 0.457. The lowest BCUT2D eigenvalue weighted by atomic mass is 10.00. The number of aromatic hydroxyl groups is 1. The summed E-state index contributed by atoms with van der Waals surface area (Å²) in [6.45, 7) is 0. The third kappa shape index (κ3) is 3.71. The Balaban J connectivity index is 1.54. The predicted molar refractivity (Wildman–Crippen MR) is 133 cm³/mol. The van der Waals surface area contributed by atoms with E-state index < -0.39 is 5.82 Å². The summed E-state index contributed by atoms with van der Waals surface area (Å²) in [7, 11) is 1.94. The molecule has 0 saturated carbocycles. The van der Waals surface area contributed by atoms with Crippen LogP contribution in [0.4, 0.5) is 10.1 Å². The van der Waals surface area contributed by atoms with Gasteiger partial charge in [-0.3, -0.25) is 9.97 Å². The van der Waals surface area contributed by atoms with Gasteiger partial charge in [0.25, 0.3) is 0 Å². The van der Waals surface area contributed by atoms with Crippen molar-refractivity contribution in [3.8, 4) is 17.3 Å². The average molecular weight is 462 g/mol. The first kappa shape index (κ1) is 20.7. The molecule has 0 saturated heterocycles. The van der Waals surface area contributed by atoms with Gasteiger partial charge < -0.3 is 14.7 Å². The summed E-state index contributed by atoms with van der Waals surface area (Å²) in [5.41, 5.74) is 5.34. The number of rotatable bonds is 4. The minimum Gasteiger partial charge on any atom is -0.494 e. The summed E-state index contributed by atoms with van der Waals surface area (Å²) in [6.07, 6.45) is 6.92. The average Bonchev–Trinajstić information content (AvgIpc) is 3.44. The summed E-state index contributed by atoms with van der Waals surface area (Å²) >= 11 is 0. The number of nitrogens with one attached hydrogen (secondary N) is 1. The number of benzene rings is 3. The van der Waals surface area contributed by atoms with Crippen LogP contribution in [0.2, 0.25) is 0 Å². The zero-order valence-electron chi connectivity index (χ0n) is 18.6. The fourth-order valence-corrected chi connectivity index (χ4v) is 4.23. The van der Waals surface area contributed by atoms with Gasteiger partial charge in [-0.25, -0.2) is 14.4 Å². The fraction of sp³-hybridized carbons (Fsp3) is 0.0370. The van der Waals surface area contributed by atoms with E-state index in [1.165, 1.54) is 12.1 Å². The standard InChI is InChI=1S/C27H19FN6O/c1-34-13-12-31-26(34)16-2-6-19(7-3-16)32-25(17-4-9-21-23(14-17)30-11-10-29-21)24-20-8-5-18(28)15-22(20)33-27(24)35/h2-15,33,35H,1H3. The molecule has 6 aromatic rings. The Kier molecular flexibility index (Phi) is 4.84. The van der Waals surface area contributed by atoms with Crippen LogP contribution in [-0.2, 0) is 7.05 Å². The van der Waals surface area contributed by atoms with E-state index >= 15 is 0 Å². The molecule has 0 bridgehead atoms. The van der Waals surface area contributed by atoms with Gasteiger partial charge >= 0.3 is 0 Å². The third-order valence-electron chi connectivity index (χ3n) is 5.91. The number of fused-ring (bicyclic) bond motifs is 2. The molecule has 7 nitrogen and oxygen atoms in total. The molecule has 0 aliphatic heterocycles. The van der Waals surface area contributed by atoms with Crippen LogP contribution in [0.15, 0.2) is 90.4 Å². The summed E-state index contributed by atoms with van der Waals surface area (Å²) in [5, 5.41) is 11.5. The highest BCUT2D eigenvalue weighted by Gasteiger charge is 2.20. The Hall–Kier alpha value is -4.85. The van der Waals surface area contributed by atoms with Crippen molar-refractivity contribution in [1.82, 2.24) is 24.5 Å². The maximum Gasteiger partial charge on any atom is 0.199 e. The zero-order chi connectivity index (χ0) is 23.9. The number of nitrogens with zero attached hydrogens (tertiary/aromatic N) is 5. The molecule has 0 spiro atoms. The third-order valence-corrected chi connectivity index (χ3v) is 5.91. The number of imidazole rings is 1. The predicted octanol–water partition coefficient (Wildman–Crippen LogP) is 5.53. The smallest absolute Gasteiger partial charge is 0.199 e. The molecule has 3 aromatic heterocycles. The van der Waals surface area contributed by atoms with Crippen molar-refractivity contribution in [1.29, 1.82) is 0 Å². The minimum absolute atomic E-state index is 0.0896. The number of hydrogen-bond acceptors (Lipinski definition) is 5. The maximum atomic E-state index is 13.9. The highest BCUT2D eigenvalue weighted by atomic mass is 19.1. The van der Waals surface area contributed by atoms with Crippen molar-refractivity contribution in [2.24, 2.45) is 12.0 Å². The molecule has 0 amide bonds. The van der Waals surface area contributed by atoms with E-state index in [1.807, 2.05) is 60.3 Å². The summed E-state index contributed by atoms with van der Waals surface area (Å²) < 4.78 is 15.8. The number of hydrogen-bond donors (Lipinski definition) is 2. The first-order valence-corrected chi connectivity index (χ1v) is 10.9. The van der Waals surface area contributed by atoms with Crippen LogP contribution in [-0.4, -0.2) is 35.3 Å². The topological polar surface area (TPSA) is 92.0 Å². The second-order valence-electron chi connectivity index (χ2n) is 8.17. The van der Waals surface area contributed by atoms with Crippen molar-refractivity contribution >= 4 is 33.3 Å². The molecule has 0 aliphatic carbocycles. The van der Waals surface area contributed by atoms with Gasteiger partial charge in [-0.05, 0) is 54.6 Å². The normalized spacial score (nSPS) is 12.0. The van der Waals surface area contributed by atoms with Gasteiger partial charge in [-0.15, -0.1) is 0 Å². The number of H-pyrrole nitrogens is 1. The van der Waals surface area contributed by atoms with E-state index in [2.05, 4.69) is 19.9 Å². The Morgan fingerprint density at radius 2 is 1.71 bits per heavy atom. The molecule has 0 fully saturated rings. The van der Waals surface area contributed by atoms with E-state index in [0.29, 0.717) is 33.4 Å². The molecule has 0 unspecified atom stereocenters. The van der Waals surface area contributed by atoms with Crippen LogP contribution < -0.4 is 0 Å². The molecular weight excluding hydrogens is 443 g/mol. The molecule has 3 heterocycles. The number of aryl methyl sites for hydroxylation is 1. The van der Waals surface area contributed by atoms with E-state index in [9.17, 15) is 9.50 Å². The first-order chi connectivity index (χ1) is 17.1. The van der Waals surface area contributed by atoms with Gasteiger partial charge in [0, 0.05) is 48.3 Å². The Morgan fingerprint density at radius 1 is 0.914 bits per heavy atom. The monoisotopic (exact) mass is 462 g/mol. The van der Waals surface area contributed by atoms with E-state index in [0.717, 1.165) is 22.5 Å². The molecule has 0 radical (unpaired) electrons. The van der Waals surface area contributed by atoms with Crippen LogP contribution in [0.5, 0.6) is 5.88 Å². The molecular formula is C27H19FN6O. The highest BCUT2D eigenvalue weighted by molar-refractivity contribution is 6.22. The van der Waals surface area contributed by atoms with Gasteiger partial charge in [-0.1, -0.05) is 6.07 Å². The van der Waals surface area contributed by atoms with Crippen LogP contribution in [0.1, 0.15) is 11.1 Å². The first-order valence-electron chi connectivity index (χ1n) is 10.9. The maximum absolute atomic E-state index is 13.9. The van der Waals surface area contributed by atoms with Gasteiger partial charge in [0.2, 0.25) is 0 Å². The Bertz CT molecular complexity index is 1730. The molecule has 170 valence electrons. The molecule has 2 N–H and O–H groups in total. The van der Waals surface area contributed by atoms with Crippen molar-refractivity contribution in [2.45, 2.75) is 0 Å². The molecule has 0 aliphatic rings. The second kappa shape index (κ2) is 8.18. The Morgan fingerprint density at radius 3 is 2.49 bits per heavy atom. The van der Waals surface area contributed by atoms with Crippen LogP contribution >= 0.6 is 0 Å². The van der Waals surface area contributed by atoms with E-state index in [-0.39, 0.29) is 5.88 Å². The fourth-order valence-electron chi connectivity index (χ4n) is 4.23. The van der Waals surface area contributed by atoms with Crippen molar-refractivity contribution in [3.63, 3.8) is 0 Å². The molecule has 35 heavy (non-hydrogen) atoms. The van der Waals surface area contributed by atoms with Crippen molar-refractivity contribution < 1.29 is 9.50 Å². The molecule has 0 atom stereocenters. The van der Waals surface area contributed by atoms with E-state index in [4.69, 9.17) is 4.99 Å². The number of aromatic nitrogens is 5. The molecule has 8 heteroatoms. The van der Waals surface area contributed by atoms with Crippen LogP contribution in [0.25, 0.3) is 33.3 Å². The van der Waals surface area contributed by atoms with Crippen molar-refractivity contribution in [2.75, 3.05) is 0 Å². The lowest BCUT2D eigenvalue weighted by Crippen LogP contribution is -2.03. The number of aromatic amines is 1. The van der Waals surface area contributed by atoms with Gasteiger partial charge in [0.15, 0.2) is 5.88 Å². The van der Waals surface area contributed by atoms with Gasteiger partial charge in [0.1, 0.15) is 11.6 Å². The SMILES string of the molecule is Cn1ccnc1-c1ccc(N=C(c2ccc3nccnc3c2)c2c(O)[nH]c3cc(F)ccc23)cc1. The minimum atomic E-state index is -0.394. The highest BCUT2D eigenvalue weighted by Crippen LogP contribution is 2.33. The summed E-state index contributed by atoms with van der Waals surface area (Å²) in [5.74, 6) is 0.369. The molecule has 6 rings (SSSR count). The van der Waals surface area contributed by atoms with Gasteiger partial charge in [0.05, 0.1) is 33.5 Å². The lowest BCUT2D eigenvalue weighted by Gasteiger charge is -2.09.